The highest BCUT2D eigenvalue weighted by atomic mass is 35.7. The van der Waals surface area contributed by atoms with Crippen molar-refractivity contribution >= 4 is 21.8 Å². The van der Waals surface area contributed by atoms with Crippen molar-refractivity contribution < 1.29 is 33.4 Å². The van der Waals surface area contributed by atoms with Crippen molar-refractivity contribution in [1.82, 2.24) is 0 Å². The van der Waals surface area contributed by atoms with Crippen LogP contribution in [0.25, 0.3) is 32.9 Å². The van der Waals surface area contributed by atoms with E-state index in [9.17, 15) is 0 Å². The minimum atomic E-state index is -4.94. The first-order valence-electron chi connectivity index (χ1n) is 9.89. The molecule has 31 heavy (non-hydrogen) atoms. The number of halogens is 1. The van der Waals surface area contributed by atoms with E-state index in [1.807, 2.05) is 0 Å². The van der Waals surface area contributed by atoms with E-state index in [1.165, 1.54) is 60.8 Å². The highest BCUT2D eigenvalue weighted by Crippen LogP contribution is 2.38. The van der Waals surface area contributed by atoms with Crippen molar-refractivity contribution in [2.75, 3.05) is 0 Å². The van der Waals surface area contributed by atoms with Gasteiger partial charge in [-0.2, -0.15) is 4.57 Å². The predicted molar refractivity (Wildman–Crippen MR) is 112 cm³/mol. The molecule has 0 saturated carbocycles. The number of pyridine rings is 1. The fraction of sp³-hybridized carbons (Fsp3) is 0.240. The molecule has 4 rings (SSSR count). The summed E-state index contributed by atoms with van der Waals surface area (Å²) < 4.78 is 36.3. The lowest BCUT2D eigenvalue weighted by Gasteiger charge is -2.17. The molecule has 0 aliphatic rings. The van der Waals surface area contributed by atoms with Gasteiger partial charge in [0, 0.05) is 17.7 Å². The average Bonchev–Trinajstić information content (AvgIpc) is 2.62. The van der Waals surface area contributed by atoms with Gasteiger partial charge in [0.1, 0.15) is 7.05 Å². The maximum atomic E-state index is 8.49. The Morgan fingerprint density at radius 3 is 1.35 bits per heavy atom. The highest BCUT2D eigenvalue weighted by molar-refractivity contribution is 6.08. The number of fused-ring (bicyclic) bond motifs is 2. The predicted octanol–water partition coefficient (Wildman–Crippen LogP) is 1.27. The van der Waals surface area contributed by atoms with Gasteiger partial charge in [-0.1, -0.05) is 29.8 Å². The second kappa shape index (κ2) is 8.54. The van der Waals surface area contributed by atoms with Gasteiger partial charge >= 0.3 is 0 Å². The Balaban J connectivity index is 0.000000491. The van der Waals surface area contributed by atoms with Crippen LogP contribution in [-0.4, -0.2) is 0 Å². The molecule has 5 nitrogen and oxygen atoms in total. The molecule has 0 aliphatic carbocycles. The number of rotatable bonds is 1. The summed E-state index contributed by atoms with van der Waals surface area (Å²) in [4.78, 5) is 0. The summed E-state index contributed by atoms with van der Waals surface area (Å²) in [5.41, 5.74) is 11.9. The maximum absolute atomic E-state index is 8.49. The molecule has 0 N–H and O–H groups in total. The molecule has 0 saturated heterocycles. The van der Waals surface area contributed by atoms with Crippen LogP contribution in [0, 0.1) is 44.9 Å². The van der Waals surface area contributed by atoms with Crippen LogP contribution in [0.4, 0.5) is 0 Å². The van der Waals surface area contributed by atoms with E-state index in [0.29, 0.717) is 0 Å². The minimum absolute atomic E-state index is 1.29. The number of hydrogen-bond acceptors (Lipinski definition) is 4. The topological polar surface area (TPSA) is 96.1 Å². The van der Waals surface area contributed by atoms with Crippen molar-refractivity contribution in [3.8, 4) is 11.1 Å². The van der Waals surface area contributed by atoms with Gasteiger partial charge in [-0.3, -0.25) is 0 Å². The molecule has 0 amide bonds. The number of benzene rings is 3. The molecule has 0 fully saturated rings. The number of hydrogen-bond donors (Lipinski definition) is 0. The minimum Gasteiger partial charge on any atom is -0.222 e. The molecule has 0 bridgehead atoms. The van der Waals surface area contributed by atoms with Gasteiger partial charge in [0.2, 0.25) is 11.0 Å². The van der Waals surface area contributed by atoms with Gasteiger partial charge in [-0.15, -0.1) is 10.2 Å². The molecule has 0 atom stereocenters. The van der Waals surface area contributed by atoms with Gasteiger partial charge < -0.3 is 0 Å². The summed E-state index contributed by atoms with van der Waals surface area (Å²) in [6, 6.07) is 18.2. The van der Waals surface area contributed by atoms with E-state index >= 15 is 0 Å². The molecular formula is C25H26ClNO4. The molecule has 0 spiro atoms. The van der Waals surface area contributed by atoms with Crippen molar-refractivity contribution in [3.05, 3.63) is 76.3 Å². The van der Waals surface area contributed by atoms with Crippen LogP contribution < -0.4 is 23.2 Å². The molecule has 1 aromatic heterocycles. The molecule has 0 aliphatic heterocycles. The third-order valence-electron chi connectivity index (χ3n) is 5.49. The van der Waals surface area contributed by atoms with Crippen molar-refractivity contribution in [2.24, 2.45) is 7.05 Å². The average molecular weight is 440 g/mol. The van der Waals surface area contributed by atoms with Crippen LogP contribution >= 0.6 is 0 Å². The molecule has 162 valence electrons. The van der Waals surface area contributed by atoms with E-state index in [-0.39, 0.29) is 0 Å². The monoisotopic (exact) mass is 439 g/mol. The third-order valence-corrected chi connectivity index (χ3v) is 5.49. The van der Waals surface area contributed by atoms with Crippen LogP contribution in [0.15, 0.2) is 48.5 Å². The van der Waals surface area contributed by atoms with Gasteiger partial charge in [-0.05, 0) is 74.6 Å². The van der Waals surface area contributed by atoms with Crippen molar-refractivity contribution in [1.29, 1.82) is 0 Å². The largest absolute Gasteiger partial charge is 0.222 e. The number of aromatic nitrogens is 1. The summed E-state index contributed by atoms with van der Waals surface area (Å²) in [7, 11) is -2.76. The molecule has 0 unspecified atom stereocenters. The Labute approximate surface area is 184 Å². The molecule has 0 radical (unpaired) electrons. The fourth-order valence-electron chi connectivity index (χ4n) is 4.38. The first-order valence-corrected chi connectivity index (χ1v) is 11.1. The van der Waals surface area contributed by atoms with Gasteiger partial charge in [0.25, 0.3) is 0 Å². The smallest absolute Gasteiger partial charge is 0.213 e. The van der Waals surface area contributed by atoms with Gasteiger partial charge in [-0.25, -0.2) is 18.6 Å². The Bertz CT molecular complexity index is 1200. The number of aryl methyl sites for hydroxylation is 6. The Kier molecular flexibility index (Phi) is 6.37. The zero-order valence-electron chi connectivity index (χ0n) is 18.6. The molecule has 6 heteroatoms. The lowest BCUT2D eigenvalue weighted by atomic mass is 9.88. The van der Waals surface area contributed by atoms with Crippen molar-refractivity contribution in [3.63, 3.8) is 0 Å². The van der Waals surface area contributed by atoms with Crippen LogP contribution in [0.3, 0.4) is 0 Å². The zero-order chi connectivity index (χ0) is 23.1. The Morgan fingerprint density at radius 1 is 0.581 bits per heavy atom. The van der Waals surface area contributed by atoms with Gasteiger partial charge in [0.15, 0.2) is 0 Å². The fourth-order valence-corrected chi connectivity index (χ4v) is 4.38. The second-order valence-corrected chi connectivity index (χ2v) is 8.88. The Hall–Kier alpha value is -2.54. The normalized spacial score (nSPS) is 11.5. The maximum Gasteiger partial charge on any atom is 0.213 e. The molecule has 1 heterocycles. The summed E-state index contributed by atoms with van der Waals surface area (Å²) in [5.74, 6) is 0. The van der Waals surface area contributed by atoms with E-state index in [1.54, 1.807) is 0 Å². The summed E-state index contributed by atoms with van der Waals surface area (Å²) in [5, 5.41) is 2.65. The SMILES string of the molecule is Cc1cc(C)c(-c2c3ccc(C)cc3[n+](C)c3cc(C)ccc23)c(C)c1.[O-][Cl+3]([O-])([O-])[O-]. The standard InChI is InChI=1S/C25H26N.ClHO4/c1-15-7-9-20-22(13-15)26(6)23-14-16(2)8-10-21(23)25(20)24-18(4)11-17(3)12-19(24)5;2-1(3,4)5/h7-14H,1-6H3;(H,2,3,4,5)/q+1;/p-1. The summed E-state index contributed by atoms with van der Waals surface area (Å²) in [6.07, 6.45) is 0. The first-order chi connectivity index (χ1) is 14.4. The van der Waals surface area contributed by atoms with E-state index < -0.39 is 10.2 Å². The van der Waals surface area contributed by atoms with Crippen LogP contribution in [0.1, 0.15) is 27.8 Å². The highest BCUT2D eigenvalue weighted by Gasteiger charge is 2.21. The van der Waals surface area contributed by atoms with Crippen LogP contribution in [0.5, 0.6) is 0 Å². The lowest BCUT2D eigenvalue weighted by Crippen LogP contribution is -2.68. The molecule has 3 aromatic carbocycles. The Morgan fingerprint density at radius 2 is 0.968 bits per heavy atom. The van der Waals surface area contributed by atoms with Crippen molar-refractivity contribution in [2.45, 2.75) is 34.6 Å². The molecular weight excluding hydrogens is 414 g/mol. The van der Waals surface area contributed by atoms with E-state index in [0.717, 1.165) is 0 Å². The zero-order valence-corrected chi connectivity index (χ0v) is 19.3. The number of nitrogens with zero attached hydrogens (tertiary/aromatic N) is 1. The molecule has 4 aromatic rings. The van der Waals surface area contributed by atoms with E-state index in [4.69, 9.17) is 18.6 Å². The van der Waals surface area contributed by atoms with Gasteiger partial charge in [0.05, 0.1) is 10.8 Å². The quantitative estimate of drug-likeness (QED) is 0.329. The lowest BCUT2D eigenvalue weighted by molar-refractivity contribution is -2.00. The van der Waals surface area contributed by atoms with Crippen LogP contribution in [-0.2, 0) is 7.05 Å². The first kappa shape index (κ1) is 23.1. The summed E-state index contributed by atoms with van der Waals surface area (Å²) >= 11 is 0. The second-order valence-electron chi connectivity index (χ2n) is 8.13. The van der Waals surface area contributed by atoms with Crippen LogP contribution in [0.2, 0.25) is 0 Å². The van der Waals surface area contributed by atoms with E-state index in [2.05, 4.69) is 94.8 Å². The summed E-state index contributed by atoms with van der Waals surface area (Å²) in [6.45, 7) is 11.0. The third kappa shape index (κ3) is 5.03.